The van der Waals surface area contributed by atoms with E-state index in [2.05, 4.69) is 10.2 Å². The maximum absolute atomic E-state index is 11.8. The first-order chi connectivity index (χ1) is 6.98. The van der Waals surface area contributed by atoms with Crippen molar-refractivity contribution in [3.05, 3.63) is 17.3 Å². The van der Waals surface area contributed by atoms with Crippen molar-refractivity contribution in [3.63, 3.8) is 0 Å². The molecule has 0 N–H and O–H groups in total. The van der Waals surface area contributed by atoms with Crippen LogP contribution in [0.5, 0.6) is 0 Å². The van der Waals surface area contributed by atoms with Crippen molar-refractivity contribution >= 4 is 33.0 Å². The predicted molar refractivity (Wildman–Crippen MR) is 59.0 cm³/mol. The highest BCUT2D eigenvalue weighted by Crippen LogP contribution is 2.16. The van der Waals surface area contributed by atoms with Crippen LogP contribution in [0.25, 0.3) is 0 Å². The molecular formula is C8H10Cl2N2O2S. The zero-order valence-electron chi connectivity index (χ0n) is 8.02. The summed E-state index contributed by atoms with van der Waals surface area (Å²) in [6, 6.07) is 2.74. The van der Waals surface area contributed by atoms with E-state index in [0.29, 0.717) is 12.3 Å². The van der Waals surface area contributed by atoms with Crippen LogP contribution < -0.4 is 0 Å². The third-order valence-corrected chi connectivity index (χ3v) is 4.46. The summed E-state index contributed by atoms with van der Waals surface area (Å²) < 4.78 is 23.7. The van der Waals surface area contributed by atoms with Crippen molar-refractivity contribution in [1.29, 1.82) is 0 Å². The van der Waals surface area contributed by atoms with Crippen LogP contribution in [0.3, 0.4) is 0 Å². The van der Waals surface area contributed by atoms with Gasteiger partial charge in [-0.05, 0) is 25.5 Å². The highest BCUT2D eigenvalue weighted by Gasteiger charge is 2.24. The SMILES string of the molecule is CC(CCCl)S(=O)(=O)c1ccc(Cl)nn1. The molecule has 0 radical (unpaired) electrons. The summed E-state index contributed by atoms with van der Waals surface area (Å²) >= 11 is 11.0. The molecule has 0 spiro atoms. The molecule has 0 aliphatic carbocycles. The largest absolute Gasteiger partial charge is 0.222 e. The number of alkyl halides is 1. The lowest BCUT2D eigenvalue weighted by atomic mass is 10.4. The Morgan fingerprint density at radius 1 is 1.40 bits per heavy atom. The lowest BCUT2D eigenvalue weighted by Gasteiger charge is -2.09. The second-order valence-corrected chi connectivity index (χ2v) is 6.11. The molecule has 0 saturated carbocycles. The summed E-state index contributed by atoms with van der Waals surface area (Å²) in [4.78, 5) is 0. The van der Waals surface area contributed by atoms with Crippen molar-refractivity contribution < 1.29 is 8.42 Å². The van der Waals surface area contributed by atoms with Gasteiger partial charge in [0.15, 0.2) is 20.0 Å². The topological polar surface area (TPSA) is 59.9 Å². The average Bonchev–Trinajstić information content (AvgIpc) is 2.18. The Balaban J connectivity index is 3.01. The molecule has 15 heavy (non-hydrogen) atoms. The third kappa shape index (κ3) is 3.03. The average molecular weight is 269 g/mol. The summed E-state index contributed by atoms with van der Waals surface area (Å²) in [7, 11) is -3.43. The van der Waals surface area contributed by atoms with E-state index >= 15 is 0 Å². The van der Waals surface area contributed by atoms with Gasteiger partial charge in [-0.1, -0.05) is 11.6 Å². The van der Waals surface area contributed by atoms with Gasteiger partial charge >= 0.3 is 0 Å². The number of rotatable bonds is 4. The Hall–Kier alpha value is -0.390. The van der Waals surface area contributed by atoms with Crippen molar-refractivity contribution in [2.24, 2.45) is 0 Å². The first-order valence-corrected chi connectivity index (χ1v) is 6.73. The maximum Gasteiger partial charge on any atom is 0.200 e. The zero-order valence-corrected chi connectivity index (χ0v) is 10.3. The summed E-state index contributed by atoms with van der Waals surface area (Å²) in [5.74, 6) is 0.293. The van der Waals surface area contributed by atoms with Gasteiger partial charge in [0.25, 0.3) is 0 Å². The summed E-state index contributed by atoms with van der Waals surface area (Å²) in [6.07, 6.45) is 0.383. The molecule has 0 aliphatic rings. The normalized spacial score (nSPS) is 13.8. The van der Waals surface area contributed by atoms with E-state index in [9.17, 15) is 8.42 Å². The highest BCUT2D eigenvalue weighted by atomic mass is 35.5. The fraction of sp³-hybridized carbons (Fsp3) is 0.500. The quantitative estimate of drug-likeness (QED) is 0.783. The number of aromatic nitrogens is 2. The Kier molecular flexibility index (Phi) is 4.31. The molecule has 0 aliphatic heterocycles. The van der Waals surface area contributed by atoms with E-state index in [1.54, 1.807) is 6.92 Å². The molecule has 0 aromatic carbocycles. The van der Waals surface area contributed by atoms with E-state index in [-0.39, 0.29) is 10.2 Å². The number of halogens is 2. The maximum atomic E-state index is 11.8. The molecule has 1 rings (SSSR count). The van der Waals surface area contributed by atoms with E-state index < -0.39 is 15.1 Å². The monoisotopic (exact) mass is 268 g/mol. The van der Waals surface area contributed by atoms with Crippen LogP contribution in [0.1, 0.15) is 13.3 Å². The van der Waals surface area contributed by atoms with Gasteiger partial charge in [-0.25, -0.2) is 8.42 Å². The molecule has 1 aromatic heterocycles. The molecule has 1 aromatic rings. The number of nitrogens with zero attached hydrogens (tertiary/aromatic N) is 2. The summed E-state index contributed by atoms with van der Waals surface area (Å²) in [5, 5.41) is 6.57. The Bertz CT molecular complexity index is 419. The van der Waals surface area contributed by atoms with Crippen LogP contribution >= 0.6 is 23.2 Å². The molecule has 4 nitrogen and oxygen atoms in total. The smallest absolute Gasteiger partial charge is 0.200 e. The van der Waals surface area contributed by atoms with Gasteiger partial charge in [0, 0.05) is 5.88 Å². The van der Waals surface area contributed by atoms with Gasteiger partial charge in [-0.15, -0.1) is 21.8 Å². The molecule has 1 atom stereocenters. The first kappa shape index (κ1) is 12.7. The molecule has 1 heterocycles. The van der Waals surface area contributed by atoms with Crippen molar-refractivity contribution in [1.82, 2.24) is 10.2 Å². The van der Waals surface area contributed by atoms with Gasteiger partial charge in [0.2, 0.25) is 0 Å². The second-order valence-electron chi connectivity index (χ2n) is 3.03. The van der Waals surface area contributed by atoms with Gasteiger partial charge in [-0.3, -0.25) is 0 Å². The third-order valence-electron chi connectivity index (χ3n) is 1.94. The molecule has 0 amide bonds. The second kappa shape index (κ2) is 5.09. The number of sulfone groups is 1. The van der Waals surface area contributed by atoms with Gasteiger partial charge in [-0.2, -0.15) is 0 Å². The van der Waals surface area contributed by atoms with Crippen LogP contribution in [-0.2, 0) is 9.84 Å². The van der Waals surface area contributed by atoms with Crippen LogP contribution in [0.4, 0.5) is 0 Å². The van der Waals surface area contributed by atoms with Gasteiger partial charge < -0.3 is 0 Å². The Morgan fingerprint density at radius 3 is 2.53 bits per heavy atom. The summed E-state index contributed by atoms with van der Waals surface area (Å²) in [5.41, 5.74) is 0. The number of hydrogen-bond acceptors (Lipinski definition) is 4. The fourth-order valence-corrected chi connectivity index (χ4v) is 2.78. The van der Waals surface area contributed by atoms with Gasteiger partial charge in [0.1, 0.15) is 0 Å². The standard InChI is InChI=1S/C8H10Cl2N2O2S/c1-6(4-5-9)15(13,14)8-3-2-7(10)11-12-8/h2-3,6H,4-5H2,1H3. The first-order valence-electron chi connectivity index (χ1n) is 4.27. The van der Waals surface area contributed by atoms with Crippen LogP contribution in [0, 0.1) is 0 Å². The molecule has 0 fully saturated rings. The van der Waals surface area contributed by atoms with Crippen LogP contribution in [0.15, 0.2) is 17.2 Å². The van der Waals surface area contributed by atoms with Gasteiger partial charge in [0.05, 0.1) is 5.25 Å². The molecule has 1 unspecified atom stereocenters. The van der Waals surface area contributed by atoms with E-state index in [0.717, 1.165) is 0 Å². The van der Waals surface area contributed by atoms with Crippen LogP contribution in [0.2, 0.25) is 5.15 Å². The summed E-state index contributed by atoms with van der Waals surface area (Å²) in [6.45, 7) is 1.59. The minimum absolute atomic E-state index is 0.0653. The minimum Gasteiger partial charge on any atom is -0.222 e. The Labute approximate surface area is 98.5 Å². The van der Waals surface area contributed by atoms with Crippen molar-refractivity contribution in [2.45, 2.75) is 23.6 Å². The number of hydrogen-bond donors (Lipinski definition) is 0. The molecule has 0 bridgehead atoms. The molecular weight excluding hydrogens is 259 g/mol. The van der Waals surface area contributed by atoms with Crippen molar-refractivity contribution in [2.75, 3.05) is 5.88 Å². The minimum atomic E-state index is -3.43. The lowest BCUT2D eigenvalue weighted by Crippen LogP contribution is -2.19. The molecule has 7 heteroatoms. The highest BCUT2D eigenvalue weighted by molar-refractivity contribution is 7.92. The zero-order chi connectivity index (χ0) is 11.5. The fourth-order valence-electron chi connectivity index (χ4n) is 0.970. The van der Waals surface area contributed by atoms with E-state index in [1.165, 1.54) is 12.1 Å². The van der Waals surface area contributed by atoms with Crippen LogP contribution in [-0.4, -0.2) is 29.7 Å². The Morgan fingerprint density at radius 2 is 2.07 bits per heavy atom. The molecule has 0 saturated heterocycles. The van der Waals surface area contributed by atoms with E-state index in [1.807, 2.05) is 0 Å². The lowest BCUT2D eigenvalue weighted by molar-refractivity contribution is 0.575. The molecule has 84 valence electrons. The van der Waals surface area contributed by atoms with E-state index in [4.69, 9.17) is 23.2 Å². The van der Waals surface area contributed by atoms with Crippen molar-refractivity contribution in [3.8, 4) is 0 Å². The predicted octanol–water partition coefficient (Wildman–Crippen LogP) is 1.92.